The standard InChI is InChI=1S/C28H24F3N3O4.C21H18F3N3O4.2C2H6/c29-17-9-21(30)19(22(31)10-17)11-32-27(36)20-12-33-13-23-16-6-7-18(8-16)34(23)28(37)24(33)26(25(20)35)38-14-15-4-2-1-3-5-15;22-10-4-14(23)12(15(24)5-10)6-25-20(30)13-7-26-8-16-9-1-2-11(3-9)27(16)21(31)17(26)19(29)18(13)28;2*1-2/h1-5,9-10,12,16,18,23H,6-8,11,13-14H2,(H,32,36);4-5,7,9,11,16,29H,1-3,6,8H2,(H,25,30);2*1-2H3/t16-,18+,23+;9-,11+,16+;;/m11../s1. The lowest BCUT2D eigenvalue weighted by molar-refractivity contribution is 0.0473. The van der Waals surface area contributed by atoms with Crippen molar-refractivity contribution in [2.75, 3.05) is 0 Å². The van der Waals surface area contributed by atoms with E-state index in [0.717, 1.165) is 44.1 Å². The minimum absolute atomic E-state index is 0.00289. The predicted molar refractivity (Wildman–Crippen MR) is 254 cm³/mol. The summed E-state index contributed by atoms with van der Waals surface area (Å²) in [6.07, 6.45) is 8.17. The van der Waals surface area contributed by atoms with Crippen LogP contribution in [0.25, 0.3) is 0 Å². The fourth-order valence-electron chi connectivity index (χ4n) is 11.2. The minimum Gasteiger partial charge on any atom is -0.503 e. The number of halogens is 6. The average molecular weight is 1020 g/mol. The van der Waals surface area contributed by atoms with E-state index in [1.807, 2.05) is 62.9 Å². The van der Waals surface area contributed by atoms with E-state index in [1.54, 1.807) is 9.47 Å². The molecule has 73 heavy (non-hydrogen) atoms. The summed E-state index contributed by atoms with van der Waals surface area (Å²) >= 11 is 0. The maximum atomic E-state index is 14.1. The predicted octanol–water partition coefficient (Wildman–Crippen LogP) is 7.74. The van der Waals surface area contributed by atoms with Gasteiger partial charge in [-0.3, -0.25) is 28.8 Å². The maximum absolute atomic E-state index is 14.1. The molecule has 4 fully saturated rings. The molecule has 6 heterocycles. The van der Waals surface area contributed by atoms with E-state index in [1.165, 1.54) is 17.0 Å². The van der Waals surface area contributed by atoms with Crippen LogP contribution in [0, 0.1) is 46.7 Å². The van der Waals surface area contributed by atoms with E-state index >= 15 is 0 Å². The van der Waals surface area contributed by atoms with Gasteiger partial charge in [-0.15, -0.1) is 0 Å². The van der Waals surface area contributed by atoms with Crippen molar-refractivity contribution in [1.29, 1.82) is 0 Å². The Labute approximate surface area is 415 Å². The van der Waals surface area contributed by atoms with Crippen LogP contribution < -0.4 is 26.2 Å². The molecule has 14 nitrogen and oxygen atoms in total. The van der Waals surface area contributed by atoms with Crippen molar-refractivity contribution in [3.05, 3.63) is 162 Å². The summed E-state index contributed by atoms with van der Waals surface area (Å²) < 4.78 is 90.9. The largest absolute Gasteiger partial charge is 0.503 e. The van der Waals surface area contributed by atoms with Gasteiger partial charge in [0.05, 0.1) is 12.1 Å². The lowest BCUT2D eigenvalue weighted by Gasteiger charge is -2.40. The Morgan fingerprint density at radius 2 is 1.04 bits per heavy atom. The first-order valence-corrected chi connectivity index (χ1v) is 24.5. The van der Waals surface area contributed by atoms with Crippen molar-refractivity contribution in [1.82, 2.24) is 29.6 Å². The number of benzene rings is 3. The summed E-state index contributed by atoms with van der Waals surface area (Å²) in [7, 11) is 0. The van der Waals surface area contributed by atoms with Crippen molar-refractivity contribution >= 4 is 23.6 Å². The molecule has 4 aliphatic heterocycles. The first-order chi connectivity index (χ1) is 35.1. The minimum atomic E-state index is -1.18. The molecule has 6 atom stereocenters. The van der Waals surface area contributed by atoms with Crippen molar-refractivity contribution in [3.63, 3.8) is 0 Å². The van der Waals surface area contributed by atoms with Crippen LogP contribution in [0.1, 0.15) is 125 Å². The summed E-state index contributed by atoms with van der Waals surface area (Å²) in [6.45, 7) is 7.53. The van der Waals surface area contributed by atoms with E-state index < -0.39 is 99.0 Å². The molecular weight excluding hydrogens is 963 g/mol. The second kappa shape index (κ2) is 21.4. The van der Waals surface area contributed by atoms with Gasteiger partial charge in [0.15, 0.2) is 22.9 Å². The molecule has 2 saturated carbocycles. The molecule has 4 amide bonds. The molecule has 20 heteroatoms. The quantitative estimate of drug-likeness (QED) is 0.126. The van der Waals surface area contributed by atoms with Gasteiger partial charge in [0.1, 0.15) is 52.6 Å². The highest BCUT2D eigenvalue weighted by Crippen LogP contribution is 2.47. The Morgan fingerprint density at radius 3 is 1.51 bits per heavy atom. The monoisotopic (exact) mass is 1020 g/mol. The Kier molecular flexibility index (Phi) is 15.2. The number of amides is 4. The van der Waals surface area contributed by atoms with Gasteiger partial charge in [0.25, 0.3) is 23.6 Å². The Morgan fingerprint density at radius 1 is 0.616 bits per heavy atom. The third-order valence-corrected chi connectivity index (χ3v) is 14.4. The van der Waals surface area contributed by atoms with Gasteiger partial charge in [0, 0.05) is 86.0 Å². The molecule has 386 valence electrons. The van der Waals surface area contributed by atoms with E-state index in [9.17, 15) is 60.2 Å². The zero-order chi connectivity index (χ0) is 52.6. The normalized spacial score (nSPS) is 21.3. The van der Waals surface area contributed by atoms with Gasteiger partial charge in [0.2, 0.25) is 10.9 Å². The first kappa shape index (κ1) is 52.0. The molecule has 2 aromatic heterocycles. The number of carbonyl (C=O) groups is 4. The summed E-state index contributed by atoms with van der Waals surface area (Å²) in [4.78, 5) is 81.9. The topological polar surface area (TPSA) is 172 Å². The highest BCUT2D eigenvalue weighted by Gasteiger charge is 2.53. The smallest absolute Gasteiger partial charge is 0.275 e. The molecule has 2 aliphatic carbocycles. The van der Waals surface area contributed by atoms with Gasteiger partial charge in [-0.1, -0.05) is 58.0 Å². The maximum Gasteiger partial charge on any atom is 0.275 e. The van der Waals surface area contributed by atoms with Gasteiger partial charge in [-0.25, -0.2) is 26.3 Å². The summed E-state index contributed by atoms with van der Waals surface area (Å²) in [5.74, 6) is -9.78. The number of piperidine rings is 2. The average Bonchev–Trinajstić information content (AvgIpc) is 4.20. The number of nitrogens with one attached hydrogen (secondary N) is 2. The lowest BCUT2D eigenvalue weighted by Crippen LogP contribution is -2.52. The fourth-order valence-corrected chi connectivity index (χ4v) is 11.2. The van der Waals surface area contributed by atoms with E-state index in [4.69, 9.17) is 4.74 Å². The fraction of sp³-hybridized carbons (Fsp3) is 0.396. The molecule has 3 aromatic carbocycles. The van der Waals surface area contributed by atoms with Crippen LogP contribution in [0.4, 0.5) is 26.3 Å². The highest BCUT2D eigenvalue weighted by atomic mass is 19.2. The summed E-state index contributed by atoms with van der Waals surface area (Å²) in [5, 5.41) is 15.0. The number of pyridine rings is 2. The second-order valence-electron chi connectivity index (χ2n) is 18.3. The van der Waals surface area contributed by atoms with Crippen molar-refractivity contribution < 1.29 is 55.4 Å². The number of carbonyl (C=O) groups excluding carboxylic acids is 4. The first-order valence-electron chi connectivity index (χ1n) is 24.5. The number of nitrogens with zero attached hydrogens (tertiary/aromatic N) is 4. The molecule has 4 bridgehead atoms. The zero-order valence-electron chi connectivity index (χ0n) is 40.5. The molecule has 0 radical (unpaired) electrons. The number of hydrogen-bond donors (Lipinski definition) is 3. The molecule has 3 N–H and O–H groups in total. The van der Waals surface area contributed by atoms with Gasteiger partial charge in [-0.05, 0) is 55.9 Å². The zero-order valence-corrected chi connectivity index (χ0v) is 40.5. The number of hydrogen-bond acceptors (Lipinski definition) is 8. The molecule has 0 unspecified atom stereocenters. The van der Waals surface area contributed by atoms with E-state index in [-0.39, 0.29) is 59.4 Å². The third-order valence-electron chi connectivity index (χ3n) is 14.4. The molecule has 5 aromatic rings. The molecule has 11 rings (SSSR count). The number of aromatic nitrogens is 2. The number of aromatic hydroxyl groups is 1. The van der Waals surface area contributed by atoms with Crippen LogP contribution in [0.5, 0.6) is 11.5 Å². The second-order valence-corrected chi connectivity index (χ2v) is 18.3. The number of ether oxygens (including phenoxy) is 1. The van der Waals surface area contributed by atoms with E-state index in [0.29, 0.717) is 49.2 Å². The SMILES string of the molecule is CC.CC.O=C(NCc1c(F)cc(F)cc1F)c1cn2c(c(O)c1=O)C(=O)N1[C@H]3CC[C@H](C3)[C@@H]1C2.O=C(NCc1c(F)cc(F)cc1F)c1cn2c(c(OCc3ccccc3)c1=O)C(=O)N1[C@H]3CC[C@H](C3)[C@@H]1C2. The lowest BCUT2D eigenvalue weighted by atomic mass is 9.95. The summed E-state index contributed by atoms with van der Waals surface area (Å²) in [6, 6.07) is 11.2. The highest BCUT2D eigenvalue weighted by molar-refractivity contribution is 6.00. The van der Waals surface area contributed by atoms with Crippen molar-refractivity contribution in [2.24, 2.45) is 11.8 Å². The van der Waals surface area contributed by atoms with Crippen LogP contribution in [0.15, 0.2) is 76.6 Å². The molecule has 0 spiro atoms. The van der Waals surface area contributed by atoms with Crippen LogP contribution in [0.3, 0.4) is 0 Å². The number of rotatable bonds is 9. The third kappa shape index (κ3) is 9.70. The Bertz CT molecular complexity index is 3070. The Hall–Kier alpha value is -7.38. The van der Waals surface area contributed by atoms with Crippen LogP contribution in [-0.2, 0) is 32.8 Å². The van der Waals surface area contributed by atoms with Crippen molar-refractivity contribution in [3.8, 4) is 11.5 Å². The van der Waals surface area contributed by atoms with E-state index in [2.05, 4.69) is 10.6 Å². The molecule has 2 saturated heterocycles. The van der Waals surface area contributed by atoms with Crippen molar-refractivity contribution in [2.45, 2.75) is 123 Å². The van der Waals surface area contributed by atoms with Crippen LogP contribution >= 0.6 is 0 Å². The Balaban J connectivity index is 0.000000186. The molecule has 6 aliphatic rings. The van der Waals surface area contributed by atoms with Crippen LogP contribution in [0.2, 0.25) is 0 Å². The summed E-state index contributed by atoms with van der Waals surface area (Å²) in [5.41, 5.74) is -2.98. The van der Waals surface area contributed by atoms with Gasteiger partial charge < -0.3 is 39.4 Å². The number of fused-ring (bicyclic) bond motifs is 12. The van der Waals surface area contributed by atoms with Gasteiger partial charge >= 0.3 is 0 Å². The molecular formula is C53H54F6N6O8. The van der Waals surface area contributed by atoms with Crippen LogP contribution in [-0.4, -0.2) is 71.8 Å². The van der Waals surface area contributed by atoms with Gasteiger partial charge in [-0.2, -0.15) is 0 Å².